The maximum Gasteiger partial charge on any atom is 0.228 e. The zero-order chi connectivity index (χ0) is 12.5. The first-order valence-electron chi connectivity index (χ1n) is 5.89. The van der Waals surface area contributed by atoms with Crippen LogP contribution in [0.3, 0.4) is 0 Å². The summed E-state index contributed by atoms with van der Waals surface area (Å²) in [5.74, 6) is 0.392. The zero-order valence-electron chi connectivity index (χ0n) is 10.7. The summed E-state index contributed by atoms with van der Waals surface area (Å²) >= 11 is 5.90. The average molecular weight is 248 g/mol. The number of rotatable bonds is 3. The highest BCUT2D eigenvalue weighted by Gasteiger charge is 2.42. The maximum atomic E-state index is 12.2. The summed E-state index contributed by atoms with van der Waals surface area (Å²) in [4.78, 5) is 14.0. The fourth-order valence-electron chi connectivity index (χ4n) is 2.41. The second-order valence-electron chi connectivity index (χ2n) is 4.93. The van der Waals surface area contributed by atoms with Crippen LogP contribution in [0.15, 0.2) is 0 Å². The van der Waals surface area contributed by atoms with Gasteiger partial charge in [-0.15, -0.1) is 11.6 Å². The van der Waals surface area contributed by atoms with Gasteiger partial charge in [0.25, 0.3) is 0 Å². The van der Waals surface area contributed by atoms with Crippen molar-refractivity contribution in [2.45, 2.75) is 45.3 Å². The molecule has 1 aliphatic heterocycles. The molecule has 0 spiro atoms. The van der Waals surface area contributed by atoms with E-state index >= 15 is 0 Å². The number of hydrogen-bond acceptors (Lipinski definition) is 2. The van der Waals surface area contributed by atoms with E-state index in [1.54, 1.807) is 4.90 Å². The Morgan fingerprint density at radius 1 is 1.38 bits per heavy atom. The van der Waals surface area contributed by atoms with Gasteiger partial charge in [-0.2, -0.15) is 0 Å². The van der Waals surface area contributed by atoms with Crippen LogP contribution < -0.4 is 0 Å². The number of hydrogen-bond donors (Lipinski definition) is 0. The quantitative estimate of drug-likeness (QED) is 0.715. The van der Waals surface area contributed by atoms with Crippen LogP contribution in [-0.4, -0.2) is 42.0 Å². The first kappa shape index (κ1) is 13.8. The highest BCUT2D eigenvalue weighted by Crippen LogP contribution is 2.33. The van der Waals surface area contributed by atoms with Crippen molar-refractivity contribution in [2.24, 2.45) is 11.8 Å². The third-order valence-electron chi connectivity index (χ3n) is 3.43. The van der Waals surface area contributed by atoms with Crippen molar-refractivity contribution in [3.05, 3.63) is 0 Å². The SMILES string of the molecule is CC(Cl)CN(C)C(=O)C1C(C)OC(C)C1C. The number of halogens is 1. The Hall–Kier alpha value is -0.280. The van der Waals surface area contributed by atoms with Gasteiger partial charge >= 0.3 is 0 Å². The Balaban J connectivity index is 2.66. The fraction of sp³-hybridized carbons (Fsp3) is 0.917. The van der Waals surface area contributed by atoms with Crippen LogP contribution in [0.1, 0.15) is 27.7 Å². The zero-order valence-corrected chi connectivity index (χ0v) is 11.5. The van der Waals surface area contributed by atoms with Gasteiger partial charge in [0.1, 0.15) is 0 Å². The van der Waals surface area contributed by atoms with E-state index in [2.05, 4.69) is 6.92 Å². The second-order valence-corrected chi connectivity index (χ2v) is 5.68. The van der Waals surface area contributed by atoms with Crippen molar-refractivity contribution in [1.29, 1.82) is 0 Å². The molecule has 5 atom stereocenters. The highest BCUT2D eigenvalue weighted by atomic mass is 35.5. The largest absolute Gasteiger partial charge is 0.374 e. The normalized spacial score (nSPS) is 36.1. The number of carbonyl (C=O) groups is 1. The number of ether oxygens (including phenoxy) is 1. The van der Waals surface area contributed by atoms with Crippen molar-refractivity contribution >= 4 is 17.5 Å². The molecule has 0 bridgehead atoms. The number of amides is 1. The van der Waals surface area contributed by atoms with E-state index in [1.807, 2.05) is 27.8 Å². The lowest BCUT2D eigenvalue weighted by Gasteiger charge is -2.25. The van der Waals surface area contributed by atoms with E-state index in [0.29, 0.717) is 6.54 Å². The molecule has 94 valence electrons. The van der Waals surface area contributed by atoms with Crippen molar-refractivity contribution < 1.29 is 9.53 Å². The lowest BCUT2D eigenvalue weighted by molar-refractivity contribution is -0.136. The summed E-state index contributed by atoms with van der Waals surface area (Å²) in [6, 6.07) is 0. The number of alkyl halides is 1. The maximum absolute atomic E-state index is 12.2. The molecule has 5 unspecified atom stereocenters. The first-order chi connectivity index (χ1) is 7.34. The number of nitrogens with zero attached hydrogens (tertiary/aromatic N) is 1. The molecule has 0 N–H and O–H groups in total. The Bertz CT molecular complexity index is 257. The van der Waals surface area contributed by atoms with Crippen molar-refractivity contribution in [2.75, 3.05) is 13.6 Å². The molecule has 1 aliphatic rings. The second kappa shape index (κ2) is 5.37. The Kier molecular flexibility index (Phi) is 4.62. The van der Waals surface area contributed by atoms with Crippen molar-refractivity contribution in [3.8, 4) is 0 Å². The predicted octanol–water partition coefficient (Wildman–Crippen LogP) is 2.13. The first-order valence-corrected chi connectivity index (χ1v) is 6.32. The molecule has 0 aliphatic carbocycles. The molecule has 0 aromatic heterocycles. The van der Waals surface area contributed by atoms with Gasteiger partial charge in [-0.25, -0.2) is 0 Å². The van der Waals surface area contributed by atoms with Gasteiger partial charge in [-0.1, -0.05) is 6.92 Å². The molecule has 1 rings (SSSR count). The van der Waals surface area contributed by atoms with E-state index in [4.69, 9.17) is 16.3 Å². The minimum atomic E-state index is -0.0320. The topological polar surface area (TPSA) is 29.5 Å². The van der Waals surface area contributed by atoms with Gasteiger partial charge in [-0.05, 0) is 26.7 Å². The van der Waals surface area contributed by atoms with Gasteiger partial charge in [0.15, 0.2) is 0 Å². The van der Waals surface area contributed by atoms with E-state index < -0.39 is 0 Å². The van der Waals surface area contributed by atoms with Gasteiger partial charge in [0.05, 0.1) is 18.1 Å². The van der Waals surface area contributed by atoms with Gasteiger partial charge < -0.3 is 9.64 Å². The van der Waals surface area contributed by atoms with Crippen molar-refractivity contribution in [1.82, 2.24) is 4.90 Å². The van der Waals surface area contributed by atoms with Crippen LogP contribution in [0.5, 0.6) is 0 Å². The molecule has 4 heteroatoms. The Labute approximate surface area is 103 Å². The van der Waals surface area contributed by atoms with Gasteiger partial charge in [0.2, 0.25) is 5.91 Å². The molecule has 0 aromatic rings. The lowest BCUT2D eigenvalue weighted by atomic mass is 9.88. The summed E-state index contributed by atoms with van der Waals surface area (Å²) in [6.45, 7) is 8.56. The highest BCUT2D eigenvalue weighted by molar-refractivity contribution is 6.20. The molecular weight excluding hydrogens is 226 g/mol. The number of carbonyl (C=O) groups excluding carboxylic acids is 1. The summed E-state index contributed by atoms with van der Waals surface area (Å²) in [7, 11) is 1.81. The molecule has 0 aromatic carbocycles. The van der Waals surface area contributed by atoms with Crippen LogP contribution in [-0.2, 0) is 9.53 Å². The summed E-state index contributed by atoms with van der Waals surface area (Å²) in [6.07, 6.45) is 0.163. The van der Waals surface area contributed by atoms with Crippen LogP contribution in [0.4, 0.5) is 0 Å². The molecular formula is C12H22ClNO2. The van der Waals surface area contributed by atoms with Crippen LogP contribution in [0.2, 0.25) is 0 Å². The molecule has 16 heavy (non-hydrogen) atoms. The molecule has 0 radical (unpaired) electrons. The monoisotopic (exact) mass is 247 g/mol. The van der Waals surface area contributed by atoms with E-state index in [9.17, 15) is 4.79 Å². The molecule has 1 amide bonds. The van der Waals surface area contributed by atoms with Crippen molar-refractivity contribution in [3.63, 3.8) is 0 Å². The molecule has 3 nitrogen and oxygen atoms in total. The standard InChI is InChI=1S/C12H22ClNO2/c1-7(13)6-14(5)12(15)11-8(2)9(3)16-10(11)4/h7-11H,6H2,1-5H3. The average Bonchev–Trinajstić information content (AvgIpc) is 2.39. The van der Waals surface area contributed by atoms with E-state index in [-0.39, 0.29) is 35.3 Å². The summed E-state index contributed by atoms with van der Waals surface area (Å²) in [5.41, 5.74) is 0. The molecule has 0 saturated carbocycles. The van der Waals surface area contributed by atoms with Gasteiger partial charge in [0, 0.05) is 19.0 Å². The predicted molar refractivity (Wildman–Crippen MR) is 65.6 cm³/mol. The van der Waals surface area contributed by atoms with Gasteiger partial charge in [-0.3, -0.25) is 4.79 Å². The minimum absolute atomic E-state index is 0.00517. The third-order valence-corrected chi connectivity index (χ3v) is 3.57. The minimum Gasteiger partial charge on any atom is -0.374 e. The molecule has 1 heterocycles. The molecule has 1 saturated heterocycles. The molecule has 1 fully saturated rings. The van der Waals surface area contributed by atoms with Crippen LogP contribution in [0.25, 0.3) is 0 Å². The Morgan fingerprint density at radius 2 is 1.94 bits per heavy atom. The summed E-state index contributed by atoms with van der Waals surface area (Å²) in [5, 5.41) is -0.0145. The van der Waals surface area contributed by atoms with Crippen LogP contribution >= 0.6 is 11.6 Å². The van der Waals surface area contributed by atoms with E-state index in [1.165, 1.54) is 0 Å². The van der Waals surface area contributed by atoms with E-state index in [0.717, 1.165) is 0 Å². The fourth-order valence-corrected chi connectivity index (χ4v) is 2.62. The third kappa shape index (κ3) is 2.89. The Morgan fingerprint density at radius 3 is 2.31 bits per heavy atom. The smallest absolute Gasteiger partial charge is 0.228 e. The lowest BCUT2D eigenvalue weighted by Crippen LogP contribution is -2.40. The van der Waals surface area contributed by atoms with Crippen LogP contribution in [0, 0.1) is 11.8 Å². The summed E-state index contributed by atoms with van der Waals surface area (Å²) < 4.78 is 5.68.